The molecular weight excluding hydrogens is 266 g/mol. The van der Waals surface area contributed by atoms with Crippen molar-refractivity contribution in [1.29, 1.82) is 0 Å². The second-order valence-corrected chi connectivity index (χ2v) is 6.82. The van der Waals surface area contributed by atoms with Gasteiger partial charge >= 0.3 is 0 Å². The van der Waals surface area contributed by atoms with Gasteiger partial charge in [-0.15, -0.1) is 0 Å². The van der Waals surface area contributed by atoms with E-state index in [2.05, 4.69) is 16.9 Å². The molecule has 0 bridgehead atoms. The lowest BCUT2D eigenvalue weighted by Crippen LogP contribution is -2.28. The van der Waals surface area contributed by atoms with Crippen molar-refractivity contribution in [2.45, 2.75) is 38.6 Å². The monoisotopic (exact) mass is 287 g/mol. The van der Waals surface area contributed by atoms with Crippen molar-refractivity contribution in [3.8, 4) is 0 Å². The van der Waals surface area contributed by atoms with E-state index in [4.69, 9.17) is 17.3 Å². The highest BCUT2D eigenvalue weighted by Crippen LogP contribution is 2.28. The minimum atomic E-state index is 0.207. The van der Waals surface area contributed by atoms with Gasteiger partial charge in [0.1, 0.15) is 5.15 Å². The molecule has 1 aliphatic rings. The van der Waals surface area contributed by atoms with Crippen LogP contribution >= 0.6 is 23.4 Å². The molecule has 0 spiro atoms. The molecule has 0 aliphatic carbocycles. The van der Waals surface area contributed by atoms with Crippen LogP contribution in [0.25, 0.3) is 0 Å². The van der Waals surface area contributed by atoms with E-state index < -0.39 is 0 Å². The van der Waals surface area contributed by atoms with E-state index >= 15 is 0 Å². The lowest BCUT2D eigenvalue weighted by molar-refractivity contribution is 0.405. The lowest BCUT2D eigenvalue weighted by Gasteiger charge is -2.24. The summed E-state index contributed by atoms with van der Waals surface area (Å²) in [5.41, 5.74) is 8.41. The molecule has 5 heteroatoms. The van der Waals surface area contributed by atoms with Crippen LogP contribution < -0.4 is 5.73 Å². The zero-order valence-corrected chi connectivity index (χ0v) is 12.7. The second kappa shape index (κ2) is 6.31. The largest absolute Gasteiger partial charge is 0.327 e. The zero-order chi connectivity index (χ0) is 13.1. The highest BCUT2D eigenvalue weighted by atomic mass is 35.5. The van der Waals surface area contributed by atoms with Crippen LogP contribution in [-0.4, -0.2) is 27.3 Å². The highest BCUT2D eigenvalue weighted by molar-refractivity contribution is 7.99. The Labute approximate surface area is 118 Å². The van der Waals surface area contributed by atoms with Crippen LogP contribution in [0.2, 0.25) is 5.15 Å². The normalized spacial score (nSPS) is 19.1. The molecule has 2 heterocycles. The molecule has 1 aromatic rings. The number of hydrogen-bond acceptors (Lipinski definition) is 3. The molecule has 1 unspecified atom stereocenters. The first-order valence-electron chi connectivity index (χ1n) is 6.59. The Morgan fingerprint density at radius 3 is 2.72 bits per heavy atom. The minimum absolute atomic E-state index is 0.207. The quantitative estimate of drug-likeness (QED) is 0.926. The molecule has 1 aliphatic heterocycles. The zero-order valence-electron chi connectivity index (χ0n) is 11.2. The number of thioether (sulfide) groups is 1. The molecule has 0 saturated carbocycles. The summed E-state index contributed by atoms with van der Waals surface area (Å²) in [5.74, 6) is 3.39. The summed E-state index contributed by atoms with van der Waals surface area (Å²) in [6.07, 6.45) is 4.60. The molecule has 1 fully saturated rings. The van der Waals surface area contributed by atoms with Gasteiger partial charge in [-0.3, -0.25) is 4.68 Å². The molecule has 1 saturated heterocycles. The first kappa shape index (κ1) is 14.2. The summed E-state index contributed by atoms with van der Waals surface area (Å²) in [7, 11) is 1.88. The third-order valence-electron chi connectivity index (χ3n) is 3.71. The van der Waals surface area contributed by atoms with Crippen molar-refractivity contribution in [1.82, 2.24) is 9.78 Å². The third kappa shape index (κ3) is 3.43. The maximum atomic E-state index is 6.28. The summed E-state index contributed by atoms with van der Waals surface area (Å²) in [4.78, 5) is 0. The smallest absolute Gasteiger partial charge is 0.130 e. The van der Waals surface area contributed by atoms with Gasteiger partial charge in [0.25, 0.3) is 0 Å². The van der Waals surface area contributed by atoms with Gasteiger partial charge in [0.15, 0.2) is 0 Å². The van der Waals surface area contributed by atoms with Crippen molar-refractivity contribution >= 4 is 23.4 Å². The standard InChI is InChI=1S/C13H22ClN3S/c1-9-12(13(14)17(2)16-9)8-11(15)7-10-3-5-18-6-4-10/h10-11H,3-8,15H2,1-2H3. The molecule has 1 aromatic heterocycles. The maximum absolute atomic E-state index is 6.28. The Morgan fingerprint density at radius 1 is 1.50 bits per heavy atom. The van der Waals surface area contributed by atoms with Crippen molar-refractivity contribution in [3.63, 3.8) is 0 Å². The average Bonchev–Trinajstić information content (AvgIpc) is 2.57. The molecule has 0 amide bonds. The SMILES string of the molecule is Cc1nn(C)c(Cl)c1CC(N)CC1CCSCC1. The average molecular weight is 288 g/mol. The van der Waals surface area contributed by atoms with Crippen LogP contribution in [0.4, 0.5) is 0 Å². The number of halogens is 1. The van der Waals surface area contributed by atoms with Gasteiger partial charge in [-0.2, -0.15) is 16.9 Å². The summed E-state index contributed by atoms with van der Waals surface area (Å²) < 4.78 is 1.73. The second-order valence-electron chi connectivity index (χ2n) is 5.23. The van der Waals surface area contributed by atoms with E-state index in [-0.39, 0.29) is 6.04 Å². The lowest BCUT2D eigenvalue weighted by atomic mass is 9.92. The van der Waals surface area contributed by atoms with Gasteiger partial charge in [-0.05, 0) is 50.0 Å². The van der Waals surface area contributed by atoms with E-state index in [0.717, 1.165) is 35.2 Å². The molecule has 18 heavy (non-hydrogen) atoms. The molecule has 3 nitrogen and oxygen atoms in total. The Balaban J connectivity index is 1.91. The van der Waals surface area contributed by atoms with Crippen LogP contribution in [-0.2, 0) is 13.5 Å². The van der Waals surface area contributed by atoms with E-state index in [9.17, 15) is 0 Å². The van der Waals surface area contributed by atoms with Crippen LogP contribution in [0.3, 0.4) is 0 Å². The third-order valence-corrected chi connectivity index (χ3v) is 5.23. The van der Waals surface area contributed by atoms with Crippen LogP contribution in [0.1, 0.15) is 30.5 Å². The van der Waals surface area contributed by atoms with Gasteiger partial charge in [0, 0.05) is 18.7 Å². The molecule has 0 radical (unpaired) electrons. The molecule has 2 N–H and O–H groups in total. The predicted molar refractivity (Wildman–Crippen MR) is 79.3 cm³/mol. The fourth-order valence-electron chi connectivity index (χ4n) is 2.66. The molecule has 0 aromatic carbocycles. The molecule has 1 atom stereocenters. The number of rotatable bonds is 4. The van der Waals surface area contributed by atoms with E-state index in [0.29, 0.717) is 0 Å². The summed E-state index contributed by atoms with van der Waals surface area (Å²) >= 11 is 8.31. The first-order chi connectivity index (χ1) is 8.58. The topological polar surface area (TPSA) is 43.8 Å². The number of hydrogen-bond donors (Lipinski definition) is 1. The van der Waals surface area contributed by atoms with E-state index in [1.54, 1.807) is 4.68 Å². The summed E-state index contributed by atoms with van der Waals surface area (Å²) in [6.45, 7) is 2.01. The van der Waals surface area contributed by atoms with Gasteiger partial charge in [-0.1, -0.05) is 11.6 Å². The fourth-order valence-corrected chi connectivity index (χ4v) is 4.12. The molecule has 2 rings (SSSR count). The van der Waals surface area contributed by atoms with Gasteiger partial charge in [0.05, 0.1) is 5.69 Å². The van der Waals surface area contributed by atoms with Crippen LogP contribution in [0.15, 0.2) is 0 Å². The Bertz CT molecular complexity index is 399. The fraction of sp³-hybridized carbons (Fsp3) is 0.769. The van der Waals surface area contributed by atoms with Crippen LogP contribution in [0, 0.1) is 12.8 Å². The number of nitrogens with zero attached hydrogens (tertiary/aromatic N) is 2. The predicted octanol–water partition coefficient (Wildman–Crippen LogP) is 2.79. The number of aromatic nitrogens is 2. The van der Waals surface area contributed by atoms with E-state index in [1.807, 2.05) is 14.0 Å². The molecule has 102 valence electrons. The van der Waals surface area contributed by atoms with Crippen molar-refractivity contribution in [3.05, 3.63) is 16.4 Å². The minimum Gasteiger partial charge on any atom is -0.327 e. The van der Waals surface area contributed by atoms with Gasteiger partial charge in [-0.25, -0.2) is 0 Å². The number of aryl methyl sites for hydroxylation is 2. The Hall–Kier alpha value is -0.190. The first-order valence-corrected chi connectivity index (χ1v) is 8.12. The van der Waals surface area contributed by atoms with Gasteiger partial charge < -0.3 is 5.73 Å². The van der Waals surface area contributed by atoms with E-state index in [1.165, 1.54) is 24.3 Å². The summed E-state index contributed by atoms with van der Waals surface area (Å²) in [5, 5.41) is 5.07. The van der Waals surface area contributed by atoms with Crippen molar-refractivity contribution in [2.75, 3.05) is 11.5 Å². The van der Waals surface area contributed by atoms with Crippen LogP contribution in [0.5, 0.6) is 0 Å². The number of nitrogens with two attached hydrogens (primary N) is 1. The van der Waals surface area contributed by atoms with Gasteiger partial charge in [0.2, 0.25) is 0 Å². The maximum Gasteiger partial charge on any atom is 0.130 e. The Morgan fingerprint density at radius 2 is 2.17 bits per heavy atom. The van der Waals surface area contributed by atoms with Crippen molar-refractivity contribution in [2.24, 2.45) is 18.7 Å². The Kier molecular flexibility index (Phi) is 4.98. The highest BCUT2D eigenvalue weighted by Gasteiger charge is 2.20. The molecular formula is C13H22ClN3S. The summed E-state index contributed by atoms with van der Waals surface area (Å²) in [6, 6.07) is 0.207. The van der Waals surface area contributed by atoms with Crippen molar-refractivity contribution < 1.29 is 0 Å².